The number of hydrogen-bond acceptors (Lipinski definition) is 2. The van der Waals surface area contributed by atoms with Gasteiger partial charge < -0.3 is 4.98 Å². The fourth-order valence-electron chi connectivity index (χ4n) is 2.23. The number of nitrogens with zero attached hydrogens (tertiary/aromatic N) is 1. The molecule has 2 heterocycles. The normalized spacial score (nSPS) is 15.9. The lowest BCUT2D eigenvalue weighted by atomic mass is 10.1. The predicted molar refractivity (Wildman–Crippen MR) is 76.3 cm³/mol. The van der Waals surface area contributed by atoms with Crippen LogP contribution in [0.2, 0.25) is 0 Å². The van der Waals surface area contributed by atoms with Crippen molar-refractivity contribution in [2.45, 2.75) is 25.7 Å². The molecule has 1 fully saturated rings. The van der Waals surface area contributed by atoms with Crippen LogP contribution in [0.5, 0.6) is 0 Å². The maximum Gasteiger partial charge on any atom is 0.273 e. The van der Waals surface area contributed by atoms with Gasteiger partial charge in [0.2, 0.25) is 0 Å². The van der Waals surface area contributed by atoms with E-state index < -0.39 is 0 Å². The van der Waals surface area contributed by atoms with Crippen LogP contribution in [-0.2, 0) is 0 Å². The number of halogens is 1. The van der Waals surface area contributed by atoms with Crippen LogP contribution in [0.4, 0.5) is 0 Å². The van der Waals surface area contributed by atoms with Crippen LogP contribution in [0.15, 0.2) is 17.2 Å². The number of pyridine rings is 1. The Kier molecular flexibility index (Phi) is 2.54. The van der Waals surface area contributed by atoms with Gasteiger partial charge in [-0.15, -0.1) is 0 Å². The van der Waals surface area contributed by atoms with Crippen molar-refractivity contribution in [1.29, 1.82) is 0 Å². The third kappa shape index (κ3) is 1.52. The smallest absolute Gasteiger partial charge is 0.273 e. The highest BCUT2D eigenvalue weighted by Gasteiger charge is 2.27. The molecule has 1 aliphatic carbocycles. The van der Waals surface area contributed by atoms with Crippen LogP contribution >= 0.6 is 30.3 Å². The van der Waals surface area contributed by atoms with E-state index in [0.29, 0.717) is 5.92 Å². The van der Waals surface area contributed by atoms with E-state index in [1.54, 1.807) is 9.12 Å². The summed E-state index contributed by atoms with van der Waals surface area (Å²) in [4.78, 5) is 14.7. The van der Waals surface area contributed by atoms with Crippen LogP contribution in [0.3, 0.4) is 0 Å². The summed E-state index contributed by atoms with van der Waals surface area (Å²) >= 11 is 2.20. The van der Waals surface area contributed by atoms with Crippen molar-refractivity contribution < 1.29 is 0 Å². The Bertz CT molecular complexity index is 612. The van der Waals surface area contributed by atoms with E-state index in [1.807, 2.05) is 16.4 Å². The summed E-state index contributed by atoms with van der Waals surface area (Å²) in [6, 6.07) is 0. The molecule has 1 aliphatic rings. The number of hydrogen-bond donors (Lipinski definition) is 1. The second kappa shape index (κ2) is 3.80. The lowest BCUT2D eigenvalue weighted by Gasteiger charge is -2.02. The average molecular weight is 346 g/mol. The van der Waals surface area contributed by atoms with E-state index >= 15 is 0 Å². The largest absolute Gasteiger partial charge is 0.327 e. The predicted octanol–water partition coefficient (Wildman–Crippen LogP) is 3.36. The van der Waals surface area contributed by atoms with Gasteiger partial charge in [-0.1, -0.05) is 0 Å². The minimum absolute atomic E-state index is 0.0108. The quantitative estimate of drug-likeness (QED) is 0.847. The Balaban J connectivity index is 2.42. The molecule has 2 aromatic rings. The molecule has 0 aromatic carbocycles. The van der Waals surface area contributed by atoms with Gasteiger partial charge in [-0.05, 0) is 36.8 Å². The van der Waals surface area contributed by atoms with Gasteiger partial charge in [0.25, 0.3) is 5.56 Å². The van der Waals surface area contributed by atoms with Crippen LogP contribution < -0.4 is 5.56 Å². The Morgan fingerprint density at radius 3 is 2.94 bits per heavy atom. The molecule has 3 rings (SSSR count). The third-order valence-electron chi connectivity index (χ3n) is 3.12. The van der Waals surface area contributed by atoms with E-state index in [9.17, 15) is 4.79 Å². The number of rotatable bonds is 2. The summed E-state index contributed by atoms with van der Waals surface area (Å²) in [7, 11) is 1.54. The van der Waals surface area contributed by atoms with Crippen LogP contribution in [0.25, 0.3) is 10.9 Å². The van der Waals surface area contributed by atoms with E-state index in [1.165, 1.54) is 24.0 Å². The first kappa shape index (κ1) is 10.7. The van der Waals surface area contributed by atoms with Gasteiger partial charge in [0.15, 0.2) is 0 Å². The number of aromatic amines is 1. The molecule has 1 saturated carbocycles. The minimum atomic E-state index is 0.0108. The highest BCUT2D eigenvalue weighted by molar-refractivity contribution is 14.2. The lowest BCUT2D eigenvalue weighted by Crippen LogP contribution is -2.08. The molecule has 0 unspecified atom stereocenters. The Labute approximate surface area is 109 Å². The molecule has 16 heavy (non-hydrogen) atoms. The van der Waals surface area contributed by atoms with Crippen molar-refractivity contribution in [3.05, 3.63) is 33.9 Å². The van der Waals surface area contributed by atoms with Gasteiger partial charge in [0.1, 0.15) is 5.52 Å². The van der Waals surface area contributed by atoms with Crippen molar-refractivity contribution in [1.82, 2.24) is 8.96 Å². The van der Waals surface area contributed by atoms with E-state index in [-0.39, 0.29) is 5.56 Å². The fraction of sp³-hybridized carbons (Fsp3) is 0.364. The number of H-pyrrole nitrogens is 1. The van der Waals surface area contributed by atoms with Crippen LogP contribution in [0.1, 0.15) is 29.9 Å². The van der Waals surface area contributed by atoms with Gasteiger partial charge in [-0.2, -0.15) is 0 Å². The molecular weight excluding hydrogens is 335 g/mol. The Morgan fingerprint density at radius 1 is 1.56 bits per heavy atom. The molecule has 0 amide bonds. The number of aryl methyl sites for hydroxylation is 1. The monoisotopic (exact) mass is 346 g/mol. The van der Waals surface area contributed by atoms with Gasteiger partial charge in [-0.25, -0.2) is 0 Å². The zero-order valence-electron chi connectivity index (χ0n) is 8.79. The summed E-state index contributed by atoms with van der Waals surface area (Å²) in [6.45, 7) is 2.08. The molecule has 0 aliphatic heterocycles. The topological polar surface area (TPSA) is 37.8 Å². The Morgan fingerprint density at radius 2 is 2.31 bits per heavy atom. The minimum Gasteiger partial charge on any atom is -0.327 e. The average Bonchev–Trinajstić information content (AvgIpc) is 3.04. The first-order chi connectivity index (χ1) is 7.72. The summed E-state index contributed by atoms with van der Waals surface area (Å²) in [5, 5.41) is 1.16. The summed E-state index contributed by atoms with van der Waals surface area (Å²) in [5.74, 6) is 0.660. The first-order valence-electron chi connectivity index (χ1n) is 5.24. The molecule has 0 radical (unpaired) electrons. The van der Waals surface area contributed by atoms with E-state index in [0.717, 1.165) is 10.9 Å². The lowest BCUT2D eigenvalue weighted by molar-refractivity contribution is 1.10. The van der Waals surface area contributed by atoms with Gasteiger partial charge in [-0.3, -0.25) is 8.77 Å². The molecular formula is C11H11IN2OS. The van der Waals surface area contributed by atoms with Crippen molar-refractivity contribution in [2.24, 2.45) is 0 Å². The molecule has 1 N–H and O–H groups in total. The van der Waals surface area contributed by atoms with Crippen LogP contribution in [-0.4, -0.2) is 8.96 Å². The van der Waals surface area contributed by atoms with Crippen molar-refractivity contribution in [3.8, 4) is 0 Å². The van der Waals surface area contributed by atoms with Crippen molar-refractivity contribution in [3.63, 3.8) is 0 Å². The molecule has 3 nitrogen and oxygen atoms in total. The highest BCUT2D eigenvalue weighted by Crippen LogP contribution is 2.43. The molecule has 0 saturated heterocycles. The highest BCUT2D eigenvalue weighted by atomic mass is 127. The fourth-order valence-corrected chi connectivity index (χ4v) is 3.61. The van der Waals surface area contributed by atoms with Crippen molar-refractivity contribution in [2.75, 3.05) is 0 Å². The number of aromatic nitrogens is 2. The van der Waals surface area contributed by atoms with Crippen LogP contribution in [0, 0.1) is 6.92 Å². The molecule has 5 heteroatoms. The SMILES string of the molecule is Cc1cn(SI)c2c(=O)[nH]cc(C3CC3)c12. The molecule has 2 aromatic heterocycles. The van der Waals surface area contributed by atoms with Crippen molar-refractivity contribution >= 4 is 41.2 Å². The molecule has 0 spiro atoms. The maximum atomic E-state index is 11.9. The first-order valence-corrected chi connectivity index (χ1v) is 8.56. The summed E-state index contributed by atoms with van der Waals surface area (Å²) in [6.07, 6.45) is 6.45. The Hall–Kier alpha value is -0.430. The zero-order valence-corrected chi connectivity index (χ0v) is 11.8. The summed E-state index contributed by atoms with van der Waals surface area (Å²) in [5.41, 5.74) is 3.33. The second-order valence-electron chi connectivity index (χ2n) is 4.28. The van der Waals surface area contributed by atoms with E-state index in [4.69, 9.17) is 0 Å². The van der Waals surface area contributed by atoms with E-state index in [2.05, 4.69) is 33.1 Å². The zero-order chi connectivity index (χ0) is 11.3. The molecule has 0 atom stereocenters. The van der Waals surface area contributed by atoms with Gasteiger partial charge in [0.05, 0.1) is 0 Å². The standard InChI is InChI=1S/C11H11IN2OS/c1-6-5-14(16-12)10-9(6)8(7-2-3-7)4-13-11(10)15/h4-5,7H,2-3H2,1H3,(H,13,15). The third-order valence-corrected chi connectivity index (χ3v) is 4.83. The number of nitrogens with one attached hydrogen (secondary N) is 1. The number of fused-ring (bicyclic) bond motifs is 1. The molecule has 84 valence electrons. The van der Waals surface area contributed by atoms with Gasteiger partial charge in [0, 0.05) is 48.1 Å². The second-order valence-corrected chi connectivity index (χ2v) is 5.99. The molecule has 0 bridgehead atoms. The maximum absolute atomic E-state index is 11.9. The summed E-state index contributed by atoms with van der Waals surface area (Å²) < 4.78 is 1.95. The van der Waals surface area contributed by atoms with Gasteiger partial charge >= 0.3 is 0 Å².